The van der Waals surface area contributed by atoms with Gasteiger partial charge in [0.15, 0.2) is 0 Å². The van der Waals surface area contributed by atoms with E-state index in [1.165, 1.54) is 32.1 Å². The highest BCUT2D eigenvalue weighted by molar-refractivity contribution is 4.97. The maximum Gasteiger partial charge on any atom is 0.0606 e. The third kappa shape index (κ3) is 4.47. The summed E-state index contributed by atoms with van der Waals surface area (Å²) in [6, 6.07) is 0. The average Bonchev–Trinajstić information content (AvgIpc) is 2.45. The van der Waals surface area contributed by atoms with Gasteiger partial charge in [0.2, 0.25) is 0 Å². The van der Waals surface area contributed by atoms with Gasteiger partial charge in [-0.2, -0.15) is 0 Å². The molecule has 1 saturated carbocycles. The highest BCUT2D eigenvalue weighted by atomic mass is 16.3. The predicted molar refractivity (Wildman–Crippen MR) is 93.4 cm³/mol. The first-order valence-corrected chi connectivity index (χ1v) is 9.37. The smallest absolute Gasteiger partial charge is 0.0606 e. The largest absolute Gasteiger partial charge is 0.393 e. The number of rotatable bonds is 7. The highest BCUT2D eigenvalue weighted by Gasteiger charge is 2.47. The van der Waals surface area contributed by atoms with E-state index in [4.69, 9.17) is 0 Å². The summed E-state index contributed by atoms with van der Waals surface area (Å²) < 4.78 is 0. The zero-order chi connectivity index (χ0) is 16.3. The molecule has 0 aliphatic heterocycles. The molecule has 2 unspecified atom stereocenters. The molecule has 0 spiro atoms. The van der Waals surface area contributed by atoms with Crippen LogP contribution in [-0.2, 0) is 0 Å². The van der Waals surface area contributed by atoms with Crippen LogP contribution in [0.4, 0.5) is 0 Å². The molecule has 0 heterocycles. The predicted octanol–water partition coefficient (Wildman–Crippen LogP) is 6.05. The van der Waals surface area contributed by atoms with Gasteiger partial charge in [-0.3, -0.25) is 0 Å². The van der Waals surface area contributed by atoms with Gasteiger partial charge in [0.25, 0.3) is 0 Å². The Hall–Kier alpha value is -0.0400. The van der Waals surface area contributed by atoms with Crippen molar-refractivity contribution in [2.75, 3.05) is 0 Å². The van der Waals surface area contributed by atoms with Crippen molar-refractivity contribution in [2.24, 2.45) is 28.6 Å². The van der Waals surface area contributed by atoms with E-state index in [0.717, 1.165) is 18.8 Å². The lowest BCUT2D eigenvalue weighted by Gasteiger charge is -2.51. The van der Waals surface area contributed by atoms with Crippen LogP contribution in [-0.4, -0.2) is 11.2 Å². The molecule has 0 aromatic rings. The van der Waals surface area contributed by atoms with Gasteiger partial charge in [-0.15, -0.1) is 0 Å². The van der Waals surface area contributed by atoms with Gasteiger partial charge >= 0.3 is 0 Å². The number of aliphatic hydroxyl groups is 1. The third-order valence-electron chi connectivity index (χ3n) is 6.79. The summed E-state index contributed by atoms with van der Waals surface area (Å²) in [6.07, 6.45) is 8.67. The number of hydrogen-bond donors (Lipinski definition) is 1. The molecule has 126 valence electrons. The molecule has 1 aliphatic rings. The molecule has 0 aromatic carbocycles. The maximum absolute atomic E-state index is 11.1. The van der Waals surface area contributed by atoms with E-state index in [0.29, 0.717) is 11.8 Å². The fourth-order valence-electron chi connectivity index (χ4n) is 4.19. The van der Waals surface area contributed by atoms with E-state index in [9.17, 15) is 5.11 Å². The quantitative estimate of drug-likeness (QED) is 0.606. The Bertz CT molecular complexity index is 279. The minimum Gasteiger partial charge on any atom is -0.393 e. The first-order chi connectivity index (χ1) is 9.69. The number of hydrogen-bond acceptors (Lipinski definition) is 1. The van der Waals surface area contributed by atoms with Crippen LogP contribution >= 0.6 is 0 Å². The van der Waals surface area contributed by atoms with Crippen molar-refractivity contribution >= 4 is 0 Å². The van der Waals surface area contributed by atoms with Crippen molar-refractivity contribution in [1.29, 1.82) is 0 Å². The van der Waals surface area contributed by atoms with Crippen LogP contribution in [0.1, 0.15) is 93.4 Å². The second-order valence-electron chi connectivity index (χ2n) is 8.87. The Morgan fingerprint density at radius 3 is 1.62 bits per heavy atom. The molecule has 1 nitrogen and oxygen atoms in total. The Labute approximate surface area is 133 Å². The molecule has 0 saturated heterocycles. The lowest BCUT2D eigenvalue weighted by molar-refractivity contribution is -0.0943. The molecule has 1 rings (SSSR count). The maximum atomic E-state index is 11.1. The van der Waals surface area contributed by atoms with E-state index in [1.54, 1.807) is 0 Å². The lowest BCUT2D eigenvalue weighted by Crippen LogP contribution is -2.48. The zero-order valence-corrected chi connectivity index (χ0v) is 15.7. The van der Waals surface area contributed by atoms with E-state index in [2.05, 4.69) is 48.5 Å². The standard InChI is InChI=1S/C20H40O/c1-8-11-12-15-13-16(19(4,5)9-2)18(21)17(14-15)20(6,7)10-3/h15-18,21H,8-14H2,1-7H3. The zero-order valence-electron chi connectivity index (χ0n) is 15.7. The van der Waals surface area contributed by atoms with Crippen molar-refractivity contribution in [3.05, 3.63) is 0 Å². The van der Waals surface area contributed by atoms with Gasteiger partial charge in [0, 0.05) is 0 Å². The number of unbranched alkanes of at least 4 members (excludes halogenated alkanes) is 1. The third-order valence-corrected chi connectivity index (χ3v) is 6.79. The summed E-state index contributed by atoms with van der Waals surface area (Å²) in [7, 11) is 0. The lowest BCUT2D eigenvalue weighted by atomic mass is 9.56. The molecule has 0 amide bonds. The minimum absolute atomic E-state index is 0.118. The Morgan fingerprint density at radius 1 is 0.857 bits per heavy atom. The Balaban J connectivity index is 2.98. The van der Waals surface area contributed by atoms with Crippen molar-refractivity contribution in [1.82, 2.24) is 0 Å². The molecule has 0 radical (unpaired) electrons. The second-order valence-corrected chi connectivity index (χ2v) is 8.87. The normalized spacial score (nSPS) is 31.4. The van der Waals surface area contributed by atoms with Gasteiger partial charge in [-0.05, 0) is 41.4 Å². The average molecular weight is 297 g/mol. The van der Waals surface area contributed by atoms with Gasteiger partial charge in [-0.25, -0.2) is 0 Å². The van der Waals surface area contributed by atoms with Gasteiger partial charge < -0.3 is 5.11 Å². The highest BCUT2D eigenvalue weighted by Crippen LogP contribution is 2.51. The molecule has 1 fully saturated rings. The summed E-state index contributed by atoms with van der Waals surface area (Å²) in [5.41, 5.74) is 0.513. The fourth-order valence-corrected chi connectivity index (χ4v) is 4.19. The van der Waals surface area contributed by atoms with Crippen molar-refractivity contribution in [3.8, 4) is 0 Å². The second kappa shape index (κ2) is 7.49. The first-order valence-electron chi connectivity index (χ1n) is 9.37. The van der Waals surface area contributed by atoms with E-state index in [-0.39, 0.29) is 16.9 Å². The van der Waals surface area contributed by atoms with E-state index in [1.807, 2.05) is 0 Å². The molecular formula is C20H40O. The topological polar surface area (TPSA) is 20.2 Å². The van der Waals surface area contributed by atoms with Crippen LogP contribution in [0.15, 0.2) is 0 Å². The van der Waals surface area contributed by atoms with Gasteiger partial charge in [-0.1, -0.05) is 80.6 Å². The van der Waals surface area contributed by atoms with Crippen LogP contribution in [0.5, 0.6) is 0 Å². The molecule has 1 aliphatic carbocycles. The van der Waals surface area contributed by atoms with E-state index >= 15 is 0 Å². The van der Waals surface area contributed by atoms with Crippen molar-refractivity contribution < 1.29 is 5.11 Å². The van der Waals surface area contributed by atoms with E-state index < -0.39 is 0 Å². The summed E-state index contributed by atoms with van der Waals surface area (Å²) in [4.78, 5) is 0. The summed E-state index contributed by atoms with van der Waals surface area (Å²) in [5, 5.41) is 11.1. The summed E-state index contributed by atoms with van der Waals surface area (Å²) in [5.74, 6) is 1.75. The summed E-state index contributed by atoms with van der Waals surface area (Å²) in [6.45, 7) is 16.3. The van der Waals surface area contributed by atoms with Crippen LogP contribution in [0.2, 0.25) is 0 Å². The Morgan fingerprint density at radius 2 is 1.29 bits per heavy atom. The molecule has 0 bridgehead atoms. The minimum atomic E-state index is -0.118. The molecule has 21 heavy (non-hydrogen) atoms. The Kier molecular flexibility index (Phi) is 6.78. The fraction of sp³-hybridized carbons (Fsp3) is 1.00. The van der Waals surface area contributed by atoms with Crippen molar-refractivity contribution in [3.63, 3.8) is 0 Å². The van der Waals surface area contributed by atoms with Crippen molar-refractivity contribution in [2.45, 2.75) is 99.5 Å². The molecular weight excluding hydrogens is 256 g/mol. The molecule has 1 N–H and O–H groups in total. The molecule has 2 atom stereocenters. The van der Waals surface area contributed by atoms with Crippen LogP contribution in [0.3, 0.4) is 0 Å². The molecule has 0 aromatic heterocycles. The van der Waals surface area contributed by atoms with Crippen LogP contribution in [0.25, 0.3) is 0 Å². The van der Waals surface area contributed by atoms with Crippen LogP contribution in [0, 0.1) is 28.6 Å². The molecule has 1 heteroatoms. The van der Waals surface area contributed by atoms with Gasteiger partial charge in [0.1, 0.15) is 0 Å². The first kappa shape index (κ1) is 19.0. The number of aliphatic hydroxyl groups excluding tert-OH is 1. The van der Waals surface area contributed by atoms with Crippen LogP contribution < -0.4 is 0 Å². The van der Waals surface area contributed by atoms with Gasteiger partial charge in [0.05, 0.1) is 6.10 Å². The monoisotopic (exact) mass is 296 g/mol. The summed E-state index contributed by atoms with van der Waals surface area (Å²) >= 11 is 0. The SMILES string of the molecule is CCCCC1CC(C(C)(C)CC)C(O)C(C(C)(C)CC)C1.